The fraction of sp³-hybridized carbons (Fsp3) is 0.560. The normalized spacial score (nSPS) is 20.9. The number of piperidine rings is 1. The standard InChI is InChI=1S/C25H35N3/c1-20-14-24-9-13-28(19-25(24)15-21(20)2)18-23-8-5-12-27(17-23)11-4-7-22-6-3-10-26-16-22/h3,6,10,14-16,23H,4-5,7-9,11-13,17-19H2,1-2H3. The number of pyridine rings is 1. The Morgan fingerprint density at radius 3 is 2.75 bits per heavy atom. The van der Waals surface area contributed by atoms with E-state index in [-0.39, 0.29) is 0 Å². The molecule has 0 spiro atoms. The van der Waals surface area contributed by atoms with Crippen LogP contribution in [0.1, 0.15) is 47.1 Å². The van der Waals surface area contributed by atoms with Crippen molar-refractivity contribution in [3.05, 3.63) is 64.5 Å². The molecule has 0 saturated carbocycles. The van der Waals surface area contributed by atoms with Crippen molar-refractivity contribution in [3.63, 3.8) is 0 Å². The number of fused-ring (bicyclic) bond motifs is 1. The van der Waals surface area contributed by atoms with E-state index >= 15 is 0 Å². The number of nitrogens with zero attached hydrogens (tertiary/aromatic N) is 3. The summed E-state index contributed by atoms with van der Waals surface area (Å²) in [5, 5.41) is 0. The quantitative estimate of drug-likeness (QED) is 0.744. The van der Waals surface area contributed by atoms with Crippen LogP contribution in [0.3, 0.4) is 0 Å². The number of aromatic nitrogens is 1. The molecule has 28 heavy (non-hydrogen) atoms. The molecule has 2 aliphatic rings. The van der Waals surface area contributed by atoms with Crippen LogP contribution in [-0.4, -0.2) is 47.5 Å². The fourth-order valence-corrected chi connectivity index (χ4v) is 4.99. The summed E-state index contributed by atoms with van der Waals surface area (Å²) in [4.78, 5) is 9.65. The zero-order valence-corrected chi connectivity index (χ0v) is 17.7. The molecule has 1 atom stereocenters. The number of rotatable bonds is 6. The Bertz CT molecular complexity index is 771. The second kappa shape index (κ2) is 9.19. The topological polar surface area (TPSA) is 19.4 Å². The molecular weight excluding hydrogens is 342 g/mol. The molecule has 1 saturated heterocycles. The van der Waals surface area contributed by atoms with Crippen LogP contribution in [-0.2, 0) is 19.4 Å². The summed E-state index contributed by atoms with van der Waals surface area (Å²) in [5.74, 6) is 0.834. The Labute approximate surface area is 170 Å². The first kappa shape index (κ1) is 19.6. The first-order chi connectivity index (χ1) is 13.7. The highest BCUT2D eigenvalue weighted by molar-refractivity contribution is 5.38. The highest BCUT2D eigenvalue weighted by atomic mass is 15.2. The van der Waals surface area contributed by atoms with Gasteiger partial charge in [0.15, 0.2) is 0 Å². The molecule has 4 rings (SSSR count). The van der Waals surface area contributed by atoms with Crippen LogP contribution < -0.4 is 0 Å². The van der Waals surface area contributed by atoms with Crippen molar-refractivity contribution in [2.75, 3.05) is 32.7 Å². The van der Waals surface area contributed by atoms with Gasteiger partial charge in [0.25, 0.3) is 0 Å². The van der Waals surface area contributed by atoms with Gasteiger partial charge < -0.3 is 4.90 Å². The number of aryl methyl sites for hydroxylation is 3. The lowest BCUT2D eigenvalue weighted by atomic mass is 9.92. The van der Waals surface area contributed by atoms with Crippen LogP contribution in [0.15, 0.2) is 36.7 Å². The average molecular weight is 378 g/mol. The van der Waals surface area contributed by atoms with Crippen LogP contribution in [0, 0.1) is 19.8 Å². The number of likely N-dealkylation sites (tertiary alicyclic amines) is 1. The van der Waals surface area contributed by atoms with E-state index in [0.717, 1.165) is 18.9 Å². The van der Waals surface area contributed by atoms with E-state index in [0.29, 0.717) is 0 Å². The van der Waals surface area contributed by atoms with Gasteiger partial charge in [0.1, 0.15) is 0 Å². The van der Waals surface area contributed by atoms with Gasteiger partial charge in [0.05, 0.1) is 0 Å². The Morgan fingerprint density at radius 2 is 1.93 bits per heavy atom. The van der Waals surface area contributed by atoms with E-state index in [2.05, 4.69) is 46.8 Å². The third-order valence-electron chi connectivity index (χ3n) is 6.69. The van der Waals surface area contributed by atoms with E-state index in [1.54, 1.807) is 11.1 Å². The molecule has 0 amide bonds. The van der Waals surface area contributed by atoms with Crippen LogP contribution in [0.4, 0.5) is 0 Å². The molecule has 0 radical (unpaired) electrons. The molecule has 3 nitrogen and oxygen atoms in total. The summed E-state index contributed by atoms with van der Waals surface area (Å²) in [6.45, 7) is 11.9. The van der Waals surface area contributed by atoms with Crippen LogP contribution >= 0.6 is 0 Å². The number of benzene rings is 1. The fourth-order valence-electron chi connectivity index (χ4n) is 4.99. The average Bonchev–Trinajstić information content (AvgIpc) is 2.70. The molecule has 0 aliphatic carbocycles. The minimum Gasteiger partial charge on any atom is -0.303 e. The van der Waals surface area contributed by atoms with Gasteiger partial charge in [-0.05, 0) is 98.8 Å². The van der Waals surface area contributed by atoms with Crippen molar-refractivity contribution < 1.29 is 0 Å². The maximum atomic E-state index is 4.23. The van der Waals surface area contributed by atoms with Gasteiger partial charge in [-0.1, -0.05) is 18.2 Å². The summed E-state index contributed by atoms with van der Waals surface area (Å²) < 4.78 is 0. The largest absolute Gasteiger partial charge is 0.303 e. The predicted octanol–water partition coefficient (Wildman–Crippen LogP) is 4.40. The zero-order chi connectivity index (χ0) is 19.3. The molecule has 2 aromatic rings. The van der Waals surface area contributed by atoms with E-state index in [1.165, 1.54) is 75.1 Å². The Hall–Kier alpha value is -1.71. The minimum atomic E-state index is 0.834. The van der Waals surface area contributed by atoms with Crippen molar-refractivity contribution >= 4 is 0 Å². The van der Waals surface area contributed by atoms with Gasteiger partial charge >= 0.3 is 0 Å². The molecule has 1 unspecified atom stereocenters. The third-order valence-corrected chi connectivity index (χ3v) is 6.69. The second-order valence-electron chi connectivity index (χ2n) is 8.96. The molecule has 1 aromatic heterocycles. The Morgan fingerprint density at radius 1 is 1.07 bits per heavy atom. The molecule has 2 aliphatic heterocycles. The maximum absolute atomic E-state index is 4.23. The van der Waals surface area contributed by atoms with E-state index in [1.807, 2.05) is 18.5 Å². The van der Waals surface area contributed by atoms with E-state index in [9.17, 15) is 0 Å². The van der Waals surface area contributed by atoms with Crippen LogP contribution in [0.2, 0.25) is 0 Å². The van der Waals surface area contributed by atoms with Crippen molar-refractivity contribution in [1.82, 2.24) is 14.8 Å². The molecule has 1 aromatic carbocycles. The van der Waals surface area contributed by atoms with Gasteiger partial charge in [-0.25, -0.2) is 0 Å². The highest BCUT2D eigenvalue weighted by Crippen LogP contribution is 2.25. The zero-order valence-electron chi connectivity index (χ0n) is 17.7. The first-order valence-electron chi connectivity index (χ1n) is 11.1. The Kier molecular flexibility index (Phi) is 6.43. The first-order valence-corrected chi connectivity index (χ1v) is 11.1. The lowest BCUT2D eigenvalue weighted by Crippen LogP contribution is -2.42. The predicted molar refractivity (Wildman–Crippen MR) is 117 cm³/mol. The van der Waals surface area contributed by atoms with Gasteiger partial charge in [0.2, 0.25) is 0 Å². The monoisotopic (exact) mass is 377 g/mol. The second-order valence-corrected chi connectivity index (χ2v) is 8.96. The van der Waals surface area contributed by atoms with Crippen LogP contribution in [0.25, 0.3) is 0 Å². The van der Waals surface area contributed by atoms with Gasteiger partial charge in [-0.15, -0.1) is 0 Å². The Balaban J connectivity index is 1.25. The van der Waals surface area contributed by atoms with Crippen LogP contribution in [0.5, 0.6) is 0 Å². The van der Waals surface area contributed by atoms with Gasteiger partial charge in [-0.3, -0.25) is 9.88 Å². The summed E-state index contributed by atoms with van der Waals surface area (Å²) in [6, 6.07) is 9.10. The molecule has 0 N–H and O–H groups in total. The van der Waals surface area contributed by atoms with E-state index in [4.69, 9.17) is 0 Å². The lowest BCUT2D eigenvalue weighted by Gasteiger charge is -2.37. The van der Waals surface area contributed by atoms with Crippen molar-refractivity contribution in [2.45, 2.75) is 52.5 Å². The lowest BCUT2D eigenvalue weighted by molar-refractivity contribution is 0.126. The van der Waals surface area contributed by atoms with Gasteiger partial charge in [0, 0.05) is 38.6 Å². The SMILES string of the molecule is Cc1cc2c(cc1C)CN(CC1CCCN(CCCc3cccnc3)C1)CC2. The molecule has 1 fully saturated rings. The van der Waals surface area contributed by atoms with Crippen molar-refractivity contribution in [3.8, 4) is 0 Å². The highest BCUT2D eigenvalue weighted by Gasteiger charge is 2.24. The molecule has 3 heterocycles. The molecule has 150 valence electrons. The molecule has 0 bridgehead atoms. The summed E-state index contributed by atoms with van der Waals surface area (Å²) in [7, 11) is 0. The number of hydrogen-bond donors (Lipinski definition) is 0. The van der Waals surface area contributed by atoms with Gasteiger partial charge in [-0.2, -0.15) is 0 Å². The molecule has 3 heteroatoms. The number of hydrogen-bond acceptors (Lipinski definition) is 3. The minimum absolute atomic E-state index is 0.834. The molecular formula is C25H35N3. The summed E-state index contributed by atoms with van der Waals surface area (Å²) in [5.41, 5.74) is 7.41. The van der Waals surface area contributed by atoms with E-state index < -0.39 is 0 Å². The third kappa shape index (κ3) is 5.01. The summed E-state index contributed by atoms with van der Waals surface area (Å²) >= 11 is 0. The van der Waals surface area contributed by atoms with Crippen molar-refractivity contribution in [1.29, 1.82) is 0 Å². The van der Waals surface area contributed by atoms with Crippen molar-refractivity contribution in [2.24, 2.45) is 5.92 Å². The summed E-state index contributed by atoms with van der Waals surface area (Å²) in [6.07, 6.45) is 10.2. The smallest absolute Gasteiger partial charge is 0.0299 e. The maximum Gasteiger partial charge on any atom is 0.0299 e.